The lowest BCUT2D eigenvalue weighted by Crippen LogP contribution is -2.37. The predicted octanol–water partition coefficient (Wildman–Crippen LogP) is 1.94. The van der Waals surface area contributed by atoms with Crippen LogP contribution in [0.1, 0.15) is 31.1 Å². The summed E-state index contributed by atoms with van der Waals surface area (Å²) in [5.74, 6) is 0.413. The van der Waals surface area contributed by atoms with Crippen molar-refractivity contribution in [3.63, 3.8) is 0 Å². The predicted molar refractivity (Wildman–Crippen MR) is 86.4 cm³/mol. The van der Waals surface area contributed by atoms with E-state index >= 15 is 0 Å². The molecule has 0 radical (unpaired) electrons. The minimum Gasteiger partial charge on any atom is -0.341 e. The maximum Gasteiger partial charge on any atom is 0.252 e. The van der Waals surface area contributed by atoms with E-state index in [4.69, 9.17) is 0 Å². The minimum atomic E-state index is -3.41. The Morgan fingerprint density at radius 2 is 2.00 bits per heavy atom. The lowest BCUT2D eigenvalue weighted by atomic mass is 10.3. The van der Waals surface area contributed by atoms with Crippen LogP contribution in [-0.2, 0) is 21.2 Å². The van der Waals surface area contributed by atoms with Crippen LogP contribution >= 0.6 is 11.3 Å². The fraction of sp³-hybridized carbons (Fsp3) is 0.667. The Balaban J connectivity index is 1.70. The molecule has 22 heavy (non-hydrogen) atoms. The second kappa shape index (κ2) is 6.29. The van der Waals surface area contributed by atoms with Crippen LogP contribution in [0.2, 0.25) is 0 Å². The summed E-state index contributed by atoms with van der Waals surface area (Å²) in [4.78, 5) is 15.1. The van der Waals surface area contributed by atoms with E-state index in [2.05, 4.69) is 0 Å². The van der Waals surface area contributed by atoms with Crippen LogP contribution in [0, 0.1) is 5.92 Å². The molecular weight excluding hydrogens is 320 g/mol. The average Bonchev–Trinajstić information content (AvgIpc) is 3.28. The Morgan fingerprint density at radius 3 is 2.64 bits per heavy atom. The first-order valence-corrected chi connectivity index (χ1v) is 10.2. The van der Waals surface area contributed by atoms with Crippen molar-refractivity contribution in [2.75, 3.05) is 26.2 Å². The van der Waals surface area contributed by atoms with Gasteiger partial charge in [0, 0.05) is 37.0 Å². The van der Waals surface area contributed by atoms with Crippen molar-refractivity contribution in [3.8, 4) is 0 Å². The Hall–Kier alpha value is -0.920. The molecule has 2 heterocycles. The van der Waals surface area contributed by atoms with Crippen LogP contribution in [0.15, 0.2) is 16.3 Å². The van der Waals surface area contributed by atoms with Gasteiger partial charge in [-0.3, -0.25) is 4.79 Å². The number of thiophene rings is 1. The number of rotatable bonds is 4. The molecule has 5 nitrogen and oxygen atoms in total. The SMILES string of the molecule is CCc1ccc(S(=O)(=O)N2CCCN(C(=O)C3CC3)CC2)s1. The van der Waals surface area contributed by atoms with E-state index in [9.17, 15) is 13.2 Å². The van der Waals surface area contributed by atoms with Gasteiger partial charge in [-0.1, -0.05) is 6.92 Å². The highest BCUT2D eigenvalue weighted by Crippen LogP contribution is 2.32. The summed E-state index contributed by atoms with van der Waals surface area (Å²) in [5, 5.41) is 0. The lowest BCUT2D eigenvalue weighted by Gasteiger charge is -2.21. The molecule has 1 saturated carbocycles. The zero-order valence-electron chi connectivity index (χ0n) is 12.8. The number of hydrogen-bond acceptors (Lipinski definition) is 4. The van der Waals surface area contributed by atoms with Crippen LogP contribution in [0.25, 0.3) is 0 Å². The Bertz CT molecular complexity index is 649. The zero-order chi connectivity index (χ0) is 15.7. The fourth-order valence-electron chi connectivity index (χ4n) is 2.76. The fourth-order valence-corrected chi connectivity index (χ4v) is 5.68. The highest BCUT2D eigenvalue weighted by Gasteiger charge is 2.35. The van der Waals surface area contributed by atoms with Gasteiger partial charge in [0.05, 0.1) is 0 Å². The second-order valence-corrected chi connectivity index (χ2v) is 9.26. The molecule has 0 N–H and O–H groups in total. The monoisotopic (exact) mass is 342 g/mol. The lowest BCUT2D eigenvalue weighted by molar-refractivity contribution is -0.132. The molecule has 1 aromatic heterocycles. The van der Waals surface area contributed by atoms with Crippen molar-refractivity contribution >= 4 is 27.3 Å². The molecule has 0 aromatic carbocycles. The third-order valence-electron chi connectivity index (χ3n) is 4.27. The second-order valence-electron chi connectivity index (χ2n) is 5.93. The number of nitrogens with zero attached hydrogens (tertiary/aromatic N) is 2. The first-order chi connectivity index (χ1) is 10.5. The van der Waals surface area contributed by atoms with Crippen LogP contribution in [0.5, 0.6) is 0 Å². The van der Waals surface area contributed by atoms with Crippen molar-refractivity contribution < 1.29 is 13.2 Å². The highest BCUT2D eigenvalue weighted by molar-refractivity contribution is 7.91. The van der Waals surface area contributed by atoms with Gasteiger partial charge in [-0.25, -0.2) is 8.42 Å². The van der Waals surface area contributed by atoms with Gasteiger partial charge in [0.25, 0.3) is 10.0 Å². The Morgan fingerprint density at radius 1 is 1.23 bits per heavy atom. The topological polar surface area (TPSA) is 57.7 Å². The molecule has 0 atom stereocenters. The molecule has 1 amide bonds. The number of amides is 1. The van der Waals surface area contributed by atoms with Gasteiger partial charge >= 0.3 is 0 Å². The van der Waals surface area contributed by atoms with E-state index in [1.807, 2.05) is 17.9 Å². The molecular formula is C15H22N2O3S2. The van der Waals surface area contributed by atoms with Crippen molar-refractivity contribution in [1.82, 2.24) is 9.21 Å². The van der Waals surface area contributed by atoms with Crippen molar-refractivity contribution in [2.24, 2.45) is 5.92 Å². The third-order valence-corrected chi connectivity index (χ3v) is 7.87. The van der Waals surface area contributed by atoms with Crippen molar-refractivity contribution in [1.29, 1.82) is 0 Å². The molecule has 0 spiro atoms. The van der Waals surface area contributed by atoms with Gasteiger partial charge in [0.15, 0.2) is 0 Å². The smallest absolute Gasteiger partial charge is 0.252 e. The van der Waals surface area contributed by atoms with Crippen molar-refractivity contribution in [3.05, 3.63) is 17.0 Å². The maximum atomic E-state index is 12.7. The van der Waals surface area contributed by atoms with Crippen LogP contribution in [0.4, 0.5) is 0 Å². The van der Waals surface area contributed by atoms with E-state index in [-0.39, 0.29) is 11.8 Å². The molecule has 3 rings (SSSR count). The van der Waals surface area contributed by atoms with E-state index in [1.54, 1.807) is 10.4 Å². The Kier molecular flexibility index (Phi) is 4.56. The third kappa shape index (κ3) is 3.21. The molecule has 1 saturated heterocycles. The summed E-state index contributed by atoms with van der Waals surface area (Å²) in [6, 6.07) is 3.59. The summed E-state index contributed by atoms with van der Waals surface area (Å²) >= 11 is 1.35. The van der Waals surface area contributed by atoms with E-state index in [0.717, 1.165) is 24.1 Å². The first kappa shape index (κ1) is 16.0. The molecule has 1 aliphatic carbocycles. The molecule has 1 aliphatic heterocycles. The van der Waals surface area contributed by atoms with Crippen LogP contribution < -0.4 is 0 Å². The Labute approximate surface area is 136 Å². The summed E-state index contributed by atoms with van der Waals surface area (Å²) in [5.41, 5.74) is 0. The quantitative estimate of drug-likeness (QED) is 0.840. The molecule has 2 aliphatic rings. The minimum absolute atomic E-state index is 0.201. The van der Waals surface area contributed by atoms with Gasteiger partial charge in [0.1, 0.15) is 4.21 Å². The molecule has 122 valence electrons. The van der Waals surface area contributed by atoms with Crippen LogP contribution in [0.3, 0.4) is 0 Å². The summed E-state index contributed by atoms with van der Waals surface area (Å²) in [7, 11) is -3.41. The summed E-state index contributed by atoms with van der Waals surface area (Å²) < 4.78 is 27.4. The molecule has 0 bridgehead atoms. The van der Waals surface area contributed by atoms with E-state index in [1.165, 1.54) is 11.3 Å². The number of sulfonamides is 1. The molecule has 2 fully saturated rings. The average molecular weight is 342 g/mol. The first-order valence-electron chi connectivity index (χ1n) is 7.90. The normalized spacial score (nSPS) is 20.9. The number of hydrogen-bond donors (Lipinski definition) is 0. The van der Waals surface area contributed by atoms with Gasteiger partial charge in [-0.2, -0.15) is 4.31 Å². The number of carbonyl (C=O) groups excluding carboxylic acids is 1. The van der Waals surface area contributed by atoms with Gasteiger partial charge < -0.3 is 4.90 Å². The largest absolute Gasteiger partial charge is 0.341 e. The van der Waals surface area contributed by atoms with Gasteiger partial charge in [-0.15, -0.1) is 11.3 Å². The van der Waals surface area contributed by atoms with Gasteiger partial charge in [0.2, 0.25) is 5.91 Å². The van der Waals surface area contributed by atoms with E-state index < -0.39 is 10.0 Å². The number of aryl methyl sites for hydroxylation is 1. The summed E-state index contributed by atoms with van der Waals surface area (Å²) in [6.07, 6.45) is 3.55. The molecule has 0 unspecified atom stereocenters. The van der Waals surface area contributed by atoms with Crippen LogP contribution in [-0.4, -0.2) is 49.7 Å². The highest BCUT2D eigenvalue weighted by atomic mass is 32.2. The van der Waals surface area contributed by atoms with E-state index in [0.29, 0.717) is 36.8 Å². The summed E-state index contributed by atoms with van der Waals surface area (Å²) in [6.45, 7) is 4.11. The standard InChI is InChI=1S/C15H22N2O3S2/c1-2-13-6-7-14(21-13)22(19,20)17-9-3-8-16(10-11-17)15(18)12-4-5-12/h6-7,12H,2-5,8-11H2,1H3. The zero-order valence-corrected chi connectivity index (χ0v) is 14.5. The van der Waals surface area contributed by atoms with Crippen molar-refractivity contribution in [2.45, 2.75) is 36.8 Å². The molecule has 1 aromatic rings. The number of carbonyl (C=O) groups is 1. The van der Waals surface area contributed by atoms with Gasteiger partial charge in [-0.05, 0) is 37.8 Å². The molecule has 7 heteroatoms. The maximum absolute atomic E-state index is 12.7.